The summed E-state index contributed by atoms with van der Waals surface area (Å²) in [5, 5.41) is 3.25. The predicted octanol–water partition coefficient (Wildman–Crippen LogP) is 2.97. The summed E-state index contributed by atoms with van der Waals surface area (Å²) in [6.07, 6.45) is 4.38. The third-order valence-corrected chi connectivity index (χ3v) is 3.41. The zero-order valence-electron chi connectivity index (χ0n) is 11.0. The first-order valence-electron chi connectivity index (χ1n) is 6.14. The quantitative estimate of drug-likeness (QED) is 0.720. The van der Waals surface area contributed by atoms with Gasteiger partial charge >= 0.3 is 0 Å². The lowest BCUT2D eigenvalue weighted by Crippen LogP contribution is -2.21. The second kappa shape index (κ2) is 8.43. The lowest BCUT2D eigenvalue weighted by molar-refractivity contribution is 0.344. The molecule has 1 atom stereocenters. The van der Waals surface area contributed by atoms with E-state index in [9.17, 15) is 0 Å². The van der Waals surface area contributed by atoms with Crippen molar-refractivity contribution in [2.24, 2.45) is 0 Å². The third-order valence-electron chi connectivity index (χ3n) is 2.84. The molecule has 0 radical (unpaired) electrons. The van der Waals surface area contributed by atoms with Gasteiger partial charge in [-0.1, -0.05) is 12.1 Å². The van der Waals surface area contributed by atoms with Gasteiger partial charge in [0, 0.05) is 11.8 Å². The van der Waals surface area contributed by atoms with Crippen LogP contribution in [0.2, 0.25) is 0 Å². The van der Waals surface area contributed by atoms with Gasteiger partial charge in [-0.25, -0.2) is 0 Å². The highest BCUT2D eigenvalue weighted by molar-refractivity contribution is 7.98. The Morgan fingerprint density at radius 2 is 2.00 bits per heavy atom. The monoisotopic (exact) mass is 253 g/mol. The Kier molecular flexibility index (Phi) is 7.13. The van der Waals surface area contributed by atoms with E-state index in [-0.39, 0.29) is 0 Å². The van der Waals surface area contributed by atoms with E-state index in [0.717, 1.165) is 24.5 Å². The number of hydrogen-bond acceptors (Lipinski definition) is 3. The van der Waals surface area contributed by atoms with Gasteiger partial charge in [-0.2, -0.15) is 11.8 Å². The summed E-state index contributed by atoms with van der Waals surface area (Å²) in [6, 6.07) is 9.04. The van der Waals surface area contributed by atoms with Gasteiger partial charge in [0.2, 0.25) is 0 Å². The highest BCUT2D eigenvalue weighted by Gasteiger charge is 2.00. The molecule has 1 aromatic rings. The average Bonchev–Trinajstić information content (AvgIpc) is 2.37. The van der Waals surface area contributed by atoms with Crippen molar-refractivity contribution in [3.05, 3.63) is 29.8 Å². The molecule has 0 fully saturated rings. The molecule has 0 aliphatic carbocycles. The van der Waals surface area contributed by atoms with Crippen LogP contribution in [0.15, 0.2) is 24.3 Å². The molecule has 2 nitrogen and oxygen atoms in total. The Balaban J connectivity index is 2.34. The molecule has 1 rings (SSSR count). The number of aryl methyl sites for hydroxylation is 1. The molecule has 0 saturated carbocycles. The first kappa shape index (κ1) is 14.4. The largest absolute Gasteiger partial charge is 0.493 e. The van der Waals surface area contributed by atoms with Crippen molar-refractivity contribution in [3.63, 3.8) is 0 Å². The number of rotatable bonds is 8. The van der Waals surface area contributed by atoms with E-state index in [2.05, 4.69) is 42.8 Å². The van der Waals surface area contributed by atoms with Crippen molar-refractivity contribution < 1.29 is 4.74 Å². The molecule has 1 N–H and O–H groups in total. The van der Waals surface area contributed by atoms with Crippen LogP contribution < -0.4 is 10.1 Å². The Morgan fingerprint density at radius 1 is 1.29 bits per heavy atom. The zero-order chi connectivity index (χ0) is 12.5. The molecule has 17 heavy (non-hydrogen) atoms. The van der Waals surface area contributed by atoms with Crippen LogP contribution in [0.4, 0.5) is 0 Å². The van der Waals surface area contributed by atoms with Crippen LogP contribution in [0.1, 0.15) is 18.9 Å². The molecule has 0 saturated heterocycles. The zero-order valence-corrected chi connectivity index (χ0v) is 11.8. The first-order valence-corrected chi connectivity index (χ1v) is 7.53. The predicted molar refractivity (Wildman–Crippen MR) is 77.2 cm³/mol. The van der Waals surface area contributed by atoms with Crippen LogP contribution in [0.5, 0.6) is 5.75 Å². The molecule has 0 heterocycles. The molecule has 1 aromatic carbocycles. The highest BCUT2D eigenvalue weighted by atomic mass is 32.2. The maximum atomic E-state index is 5.61. The molecule has 0 amide bonds. The highest BCUT2D eigenvalue weighted by Crippen LogP contribution is 2.14. The third kappa shape index (κ3) is 5.99. The van der Waals surface area contributed by atoms with E-state index in [0.29, 0.717) is 6.04 Å². The number of hydrogen-bond donors (Lipinski definition) is 1. The Labute approximate surface area is 109 Å². The second-order valence-electron chi connectivity index (χ2n) is 4.21. The van der Waals surface area contributed by atoms with E-state index in [1.165, 1.54) is 12.0 Å². The number of ether oxygens (including phenoxy) is 1. The summed E-state index contributed by atoms with van der Waals surface area (Å²) in [6.45, 7) is 3.00. The maximum absolute atomic E-state index is 5.61. The van der Waals surface area contributed by atoms with Crippen molar-refractivity contribution in [1.82, 2.24) is 5.32 Å². The summed E-state index contributed by atoms with van der Waals surface area (Å²) in [4.78, 5) is 0. The molecule has 3 heteroatoms. The van der Waals surface area contributed by atoms with E-state index >= 15 is 0 Å². The molecule has 0 spiro atoms. The first-order chi connectivity index (χ1) is 8.26. The maximum Gasteiger partial charge on any atom is 0.119 e. The number of thioether (sulfide) groups is 1. The molecule has 0 aliphatic rings. The van der Waals surface area contributed by atoms with Crippen LogP contribution in [0, 0.1) is 0 Å². The van der Waals surface area contributed by atoms with Gasteiger partial charge in [0.15, 0.2) is 0 Å². The molecule has 0 aliphatic heterocycles. The number of benzene rings is 1. The Hall–Kier alpha value is -0.670. The Bertz CT molecular complexity index is 300. The van der Waals surface area contributed by atoms with E-state index in [4.69, 9.17) is 4.74 Å². The van der Waals surface area contributed by atoms with Crippen molar-refractivity contribution in [1.29, 1.82) is 0 Å². The average molecular weight is 253 g/mol. The molecule has 0 bridgehead atoms. The van der Waals surface area contributed by atoms with Crippen molar-refractivity contribution in [2.45, 2.75) is 25.8 Å². The van der Waals surface area contributed by atoms with Gasteiger partial charge in [-0.05, 0) is 50.8 Å². The molecule has 96 valence electrons. The number of nitrogens with one attached hydrogen (secondary N) is 1. The Morgan fingerprint density at radius 3 is 2.59 bits per heavy atom. The standard InChI is InChI=1S/C14H23NOS/c1-12(15-2)4-5-13-6-8-14(9-7-13)16-10-11-17-3/h6-9,12,15H,4-5,10-11H2,1-3H3. The molecular formula is C14H23NOS. The van der Waals surface area contributed by atoms with Crippen LogP contribution in [-0.4, -0.2) is 31.7 Å². The van der Waals surface area contributed by atoms with Crippen molar-refractivity contribution in [2.75, 3.05) is 25.7 Å². The minimum absolute atomic E-state index is 0.576. The summed E-state index contributed by atoms with van der Waals surface area (Å²) in [5.41, 5.74) is 1.38. The van der Waals surface area contributed by atoms with Crippen LogP contribution in [-0.2, 0) is 6.42 Å². The summed E-state index contributed by atoms with van der Waals surface area (Å²) < 4.78 is 5.61. The van der Waals surface area contributed by atoms with Crippen LogP contribution in [0.3, 0.4) is 0 Å². The lowest BCUT2D eigenvalue weighted by Gasteiger charge is -2.10. The topological polar surface area (TPSA) is 21.3 Å². The lowest BCUT2D eigenvalue weighted by atomic mass is 10.1. The van der Waals surface area contributed by atoms with Crippen LogP contribution >= 0.6 is 11.8 Å². The fourth-order valence-electron chi connectivity index (χ4n) is 1.52. The van der Waals surface area contributed by atoms with E-state index in [1.807, 2.05) is 7.05 Å². The SMILES string of the molecule is CNC(C)CCc1ccc(OCCSC)cc1. The second-order valence-corrected chi connectivity index (χ2v) is 5.20. The fraction of sp³-hybridized carbons (Fsp3) is 0.571. The van der Waals surface area contributed by atoms with Crippen molar-refractivity contribution in [3.8, 4) is 5.75 Å². The van der Waals surface area contributed by atoms with Gasteiger partial charge in [0.05, 0.1) is 6.61 Å². The summed E-state index contributed by atoms with van der Waals surface area (Å²) in [7, 11) is 2.01. The van der Waals surface area contributed by atoms with Crippen LogP contribution in [0.25, 0.3) is 0 Å². The molecule has 0 aromatic heterocycles. The minimum atomic E-state index is 0.576. The summed E-state index contributed by atoms with van der Waals surface area (Å²) in [5.74, 6) is 2.02. The van der Waals surface area contributed by atoms with Gasteiger partial charge in [-0.15, -0.1) is 0 Å². The molecular weight excluding hydrogens is 230 g/mol. The van der Waals surface area contributed by atoms with E-state index < -0.39 is 0 Å². The van der Waals surface area contributed by atoms with Gasteiger partial charge < -0.3 is 10.1 Å². The van der Waals surface area contributed by atoms with Gasteiger partial charge in [-0.3, -0.25) is 0 Å². The molecule has 1 unspecified atom stereocenters. The van der Waals surface area contributed by atoms with Gasteiger partial charge in [0.1, 0.15) is 5.75 Å². The van der Waals surface area contributed by atoms with Gasteiger partial charge in [0.25, 0.3) is 0 Å². The summed E-state index contributed by atoms with van der Waals surface area (Å²) >= 11 is 1.81. The normalized spacial score (nSPS) is 12.4. The minimum Gasteiger partial charge on any atom is -0.493 e. The fourth-order valence-corrected chi connectivity index (χ4v) is 1.77. The van der Waals surface area contributed by atoms with E-state index in [1.54, 1.807) is 11.8 Å². The smallest absolute Gasteiger partial charge is 0.119 e. The van der Waals surface area contributed by atoms with Crippen molar-refractivity contribution >= 4 is 11.8 Å².